The molecule has 1 aliphatic rings. The molecule has 0 unspecified atom stereocenters. The Balaban J connectivity index is 1.32. The molecule has 178 valence electrons. The lowest BCUT2D eigenvalue weighted by Crippen LogP contribution is -2.40. The van der Waals surface area contributed by atoms with Gasteiger partial charge in [0.1, 0.15) is 5.82 Å². The van der Waals surface area contributed by atoms with Crippen LogP contribution in [-0.2, 0) is 27.8 Å². The molecular weight excluding hydrogens is 448 g/mol. The van der Waals surface area contributed by atoms with Crippen LogP contribution in [0.2, 0.25) is 0 Å². The average Bonchev–Trinajstić information content (AvgIpc) is 3.30. The van der Waals surface area contributed by atoms with Crippen molar-refractivity contribution in [3.63, 3.8) is 0 Å². The molecule has 0 aliphatic carbocycles. The van der Waals surface area contributed by atoms with E-state index in [4.69, 9.17) is 0 Å². The summed E-state index contributed by atoms with van der Waals surface area (Å²) in [4.78, 5) is 12.9. The number of carbonyl (C=O) groups excluding carboxylic acids is 1. The van der Waals surface area contributed by atoms with Crippen molar-refractivity contribution in [2.45, 2.75) is 32.7 Å². The molecule has 2 heterocycles. The highest BCUT2D eigenvalue weighted by Gasteiger charge is 2.30. The first-order chi connectivity index (χ1) is 16.4. The fourth-order valence-electron chi connectivity index (χ4n) is 4.03. The number of benzene rings is 2. The number of piperidine rings is 1. The van der Waals surface area contributed by atoms with Gasteiger partial charge in [-0.3, -0.25) is 4.79 Å². The van der Waals surface area contributed by atoms with Crippen molar-refractivity contribution in [3.8, 4) is 0 Å². The molecule has 1 N–H and O–H groups in total. The van der Waals surface area contributed by atoms with E-state index < -0.39 is 10.0 Å². The van der Waals surface area contributed by atoms with E-state index in [0.29, 0.717) is 38.3 Å². The van der Waals surface area contributed by atoms with Crippen molar-refractivity contribution in [1.29, 1.82) is 0 Å². The molecule has 0 radical (unpaired) electrons. The molecule has 0 spiro atoms. The summed E-state index contributed by atoms with van der Waals surface area (Å²) in [7, 11) is -3.52. The molecule has 1 amide bonds. The largest absolute Gasteiger partial charge is 0.311 e. The number of nitrogens with zero attached hydrogens (tertiary/aromatic N) is 3. The van der Waals surface area contributed by atoms with Crippen molar-refractivity contribution in [2.75, 3.05) is 18.4 Å². The Hall–Kier alpha value is -3.23. The van der Waals surface area contributed by atoms with Crippen LogP contribution < -0.4 is 5.32 Å². The highest BCUT2D eigenvalue weighted by molar-refractivity contribution is 7.92. The summed E-state index contributed by atoms with van der Waals surface area (Å²) in [6.07, 6.45) is 5.23. The molecule has 8 heteroatoms. The molecule has 3 aromatic rings. The monoisotopic (exact) mass is 478 g/mol. The first-order valence-electron chi connectivity index (χ1n) is 11.6. The zero-order valence-electron chi connectivity index (χ0n) is 19.3. The van der Waals surface area contributed by atoms with Gasteiger partial charge in [-0.2, -0.15) is 9.40 Å². The topological polar surface area (TPSA) is 84.3 Å². The smallest absolute Gasteiger partial charge is 0.236 e. The van der Waals surface area contributed by atoms with E-state index in [1.807, 2.05) is 30.3 Å². The molecule has 7 nitrogen and oxygen atoms in total. The van der Waals surface area contributed by atoms with E-state index in [-0.39, 0.29) is 11.8 Å². The van der Waals surface area contributed by atoms with E-state index in [2.05, 4.69) is 41.6 Å². The summed E-state index contributed by atoms with van der Waals surface area (Å²) >= 11 is 0. The lowest BCUT2D eigenvalue weighted by Gasteiger charge is -2.29. The maximum Gasteiger partial charge on any atom is 0.236 e. The van der Waals surface area contributed by atoms with Crippen LogP contribution in [0.4, 0.5) is 5.82 Å². The molecule has 1 fully saturated rings. The molecule has 0 atom stereocenters. The molecule has 0 bridgehead atoms. The van der Waals surface area contributed by atoms with Gasteiger partial charge in [0.2, 0.25) is 15.9 Å². The maximum atomic E-state index is 12.9. The standard InChI is InChI=1S/C26H30N4O3S/c1-2-21-8-10-23(11-9-21)20-30-25(12-16-27-30)28-26(31)24-13-17-29(18-14-24)34(32,33)19-15-22-6-4-3-5-7-22/h3-12,15-16,19,24H,2,13-14,17-18,20H2,1H3,(H,28,31). The minimum absolute atomic E-state index is 0.0973. The quantitative estimate of drug-likeness (QED) is 0.527. The Bertz CT molecular complexity index is 1230. The summed E-state index contributed by atoms with van der Waals surface area (Å²) in [5.41, 5.74) is 3.22. The number of hydrogen-bond acceptors (Lipinski definition) is 4. The highest BCUT2D eigenvalue weighted by atomic mass is 32.2. The second-order valence-corrected chi connectivity index (χ2v) is 10.3. The summed E-state index contributed by atoms with van der Waals surface area (Å²) in [5.74, 6) is 0.308. The third kappa shape index (κ3) is 6.01. The summed E-state index contributed by atoms with van der Waals surface area (Å²) < 4.78 is 28.6. The number of rotatable bonds is 8. The summed E-state index contributed by atoms with van der Waals surface area (Å²) in [5, 5.41) is 8.58. The molecule has 1 saturated heterocycles. The molecule has 34 heavy (non-hydrogen) atoms. The van der Waals surface area contributed by atoms with Crippen LogP contribution in [0.3, 0.4) is 0 Å². The Morgan fingerprint density at radius 2 is 1.71 bits per heavy atom. The predicted molar refractivity (Wildman–Crippen MR) is 134 cm³/mol. The van der Waals surface area contributed by atoms with Crippen LogP contribution in [0.15, 0.2) is 72.3 Å². The molecule has 1 aromatic heterocycles. The van der Waals surface area contributed by atoms with Gasteiger partial charge >= 0.3 is 0 Å². The SMILES string of the molecule is CCc1ccc(Cn2nccc2NC(=O)C2CCN(S(=O)(=O)C=Cc3ccccc3)CC2)cc1. The lowest BCUT2D eigenvalue weighted by atomic mass is 9.97. The minimum Gasteiger partial charge on any atom is -0.311 e. The molecule has 4 rings (SSSR count). The number of aryl methyl sites for hydroxylation is 1. The summed E-state index contributed by atoms with van der Waals surface area (Å²) in [6.45, 7) is 3.33. The van der Waals surface area contributed by atoms with Gasteiger partial charge in [-0.05, 0) is 42.0 Å². The number of hydrogen-bond donors (Lipinski definition) is 1. The van der Waals surface area contributed by atoms with E-state index in [1.165, 1.54) is 15.3 Å². The Labute approximate surface area is 201 Å². The third-order valence-corrected chi connectivity index (χ3v) is 7.71. The van der Waals surface area contributed by atoms with Crippen LogP contribution in [0.1, 0.15) is 36.5 Å². The van der Waals surface area contributed by atoms with Gasteiger partial charge in [-0.1, -0.05) is 61.5 Å². The number of sulfonamides is 1. The van der Waals surface area contributed by atoms with E-state index >= 15 is 0 Å². The normalized spacial score (nSPS) is 15.6. The van der Waals surface area contributed by atoms with Gasteiger partial charge in [-0.15, -0.1) is 0 Å². The van der Waals surface area contributed by atoms with Crippen molar-refractivity contribution >= 4 is 27.8 Å². The number of carbonyl (C=O) groups is 1. The van der Waals surface area contributed by atoms with Crippen LogP contribution in [0, 0.1) is 5.92 Å². The van der Waals surface area contributed by atoms with Crippen molar-refractivity contribution in [3.05, 3.63) is 89.0 Å². The highest BCUT2D eigenvalue weighted by Crippen LogP contribution is 2.23. The zero-order valence-corrected chi connectivity index (χ0v) is 20.1. The molecule has 0 saturated carbocycles. The number of anilines is 1. The first kappa shape index (κ1) is 23.9. The summed E-state index contributed by atoms with van der Waals surface area (Å²) in [6, 6.07) is 19.5. The maximum absolute atomic E-state index is 12.9. The second-order valence-electron chi connectivity index (χ2n) is 8.47. The number of nitrogens with one attached hydrogen (secondary N) is 1. The minimum atomic E-state index is -3.52. The number of amides is 1. The van der Waals surface area contributed by atoms with Gasteiger partial charge < -0.3 is 5.32 Å². The zero-order chi connectivity index (χ0) is 24.0. The van der Waals surface area contributed by atoms with Crippen LogP contribution in [0.25, 0.3) is 6.08 Å². The molecule has 1 aliphatic heterocycles. The van der Waals surface area contributed by atoms with Crippen LogP contribution in [-0.4, -0.2) is 41.5 Å². The van der Waals surface area contributed by atoms with Crippen LogP contribution >= 0.6 is 0 Å². The van der Waals surface area contributed by atoms with Gasteiger partial charge in [0.15, 0.2) is 0 Å². The van der Waals surface area contributed by atoms with Crippen molar-refractivity contribution in [1.82, 2.24) is 14.1 Å². The Morgan fingerprint density at radius 3 is 2.38 bits per heavy atom. The van der Waals surface area contributed by atoms with Crippen LogP contribution in [0.5, 0.6) is 0 Å². The van der Waals surface area contributed by atoms with E-state index in [9.17, 15) is 13.2 Å². The van der Waals surface area contributed by atoms with Gasteiger partial charge in [0.25, 0.3) is 0 Å². The predicted octanol–water partition coefficient (Wildman–Crippen LogP) is 4.15. The van der Waals surface area contributed by atoms with E-state index in [1.54, 1.807) is 23.0 Å². The Morgan fingerprint density at radius 1 is 1.03 bits per heavy atom. The van der Waals surface area contributed by atoms with Gasteiger partial charge in [0.05, 0.1) is 12.7 Å². The van der Waals surface area contributed by atoms with Gasteiger partial charge in [0, 0.05) is 30.5 Å². The average molecular weight is 479 g/mol. The Kier molecular flexibility index (Phi) is 7.59. The lowest BCUT2D eigenvalue weighted by molar-refractivity contribution is -0.121. The number of aromatic nitrogens is 2. The first-order valence-corrected chi connectivity index (χ1v) is 13.1. The van der Waals surface area contributed by atoms with Gasteiger partial charge in [-0.25, -0.2) is 13.1 Å². The molecule has 2 aromatic carbocycles. The fourth-order valence-corrected chi connectivity index (χ4v) is 5.25. The molecular formula is C26H30N4O3S. The van der Waals surface area contributed by atoms with E-state index in [0.717, 1.165) is 17.5 Å². The third-order valence-electron chi connectivity index (χ3n) is 6.15. The van der Waals surface area contributed by atoms with Crippen molar-refractivity contribution in [2.24, 2.45) is 5.92 Å². The second kappa shape index (κ2) is 10.8. The van der Waals surface area contributed by atoms with Crippen molar-refractivity contribution < 1.29 is 13.2 Å². The fraction of sp³-hybridized carbons (Fsp3) is 0.308.